The van der Waals surface area contributed by atoms with Gasteiger partial charge in [-0.25, -0.2) is 4.39 Å². The van der Waals surface area contributed by atoms with Gasteiger partial charge in [0, 0.05) is 5.72 Å². The summed E-state index contributed by atoms with van der Waals surface area (Å²) in [5.41, 5.74) is -0.960. The first-order valence-electron chi connectivity index (χ1n) is 9.70. The molecule has 148 valence electrons. The van der Waals surface area contributed by atoms with Gasteiger partial charge in [0.25, 0.3) is 0 Å². The molecule has 0 spiro atoms. The van der Waals surface area contributed by atoms with Crippen molar-refractivity contribution in [3.8, 4) is 0 Å². The molecule has 7 heteroatoms. The van der Waals surface area contributed by atoms with Crippen molar-refractivity contribution in [3.05, 3.63) is 35.6 Å². The molecule has 0 saturated carbocycles. The average molecular weight is 376 g/mol. The Morgan fingerprint density at radius 3 is 1.37 bits per heavy atom. The third-order valence-electron chi connectivity index (χ3n) is 6.63. The lowest BCUT2D eigenvalue weighted by Gasteiger charge is -2.32. The van der Waals surface area contributed by atoms with E-state index < -0.39 is 36.6 Å². The molecule has 2 heterocycles. The fourth-order valence-corrected chi connectivity index (χ4v) is 3.34. The van der Waals surface area contributed by atoms with E-state index >= 15 is 0 Å². The summed E-state index contributed by atoms with van der Waals surface area (Å²) in [5.74, 6) is -0.249. The van der Waals surface area contributed by atoms with Crippen LogP contribution in [0.3, 0.4) is 0 Å². The van der Waals surface area contributed by atoms with Gasteiger partial charge < -0.3 is 18.6 Å². The van der Waals surface area contributed by atoms with Crippen molar-refractivity contribution in [2.45, 2.75) is 89.9 Å². The summed E-state index contributed by atoms with van der Waals surface area (Å²) >= 11 is 0. The summed E-state index contributed by atoms with van der Waals surface area (Å²) in [5, 5.41) is 0. The zero-order chi connectivity index (χ0) is 20.3. The standard InChI is InChI=1S/C20H31B2FO4/c1-17(2)18(3,4)25-21(24-17)16(13-14-9-11-15(23)12-10-14)22-26-19(5,6)20(7,8)27-22/h9-12,16H,13H2,1-8H3. The topological polar surface area (TPSA) is 36.9 Å². The molecule has 1 aromatic carbocycles. The Morgan fingerprint density at radius 2 is 1.04 bits per heavy atom. The summed E-state index contributed by atoms with van der Waals surface area (Å²) in [4.78, 5) is 0. The molecule has 4 nitrogen and oxygen atoms in total. The summed E-state index contributed by atoms with van der Waals surface area (Å²) < 4.78 is 38.6. The van der Waals surface area contributed by atoms with Crippen molar-refractivity contribution in [2.75, 3.05) is 0 Å². The highest BCUT2D eigenvalue weighted by molar-refractivity contribution is 6.68. The Morgan fingerprint density at radius 1 is 0.704 bits per heavy atom. The molecule has 0 atom stereocenters. The molecule has 0 aromatic heterocycles. The quantitative estimate of drug-likeness (QED) is 0.728. The lowest BCUT2D eigenvalue weighted by atomic mass is 9.49. The molecule has 0 bridgehead atoms. The second-order valence-corrected chi connectivity index (χ2v) is 9.74. The van der Waals surface area contributed by atoms with Crippen LogP contribution >= 0.6 is 0 Å². The zero-order valence-corrected chi connectivity index (χ0v) is 17.8. The van der Waals surface area contributed by atoms with Gasteiger partial charge in [0.05, 0.1) is 22.4 Å². The van der Waals surface area contributed by atoms with Gasteiger partial charge in [-0.2, -0.15) is 0 Å². The Balaban J connectivity index is 1.89. The first-order chi connectivity index (χ1) is 12.2. The number of halogens is 1. The molecule has 0 radical (unpaired) electrons. The van der Waals surface area contributed by atoms with E-state index in [1.165, 1.54) is 12.1 Å². The number of hydrogen-bond acceptors (Lipinski definition) is 4. The first kappa shape index (κ1) is 20.8. The van der Waals surface area contributed by atoms with Crippen LogP contribution in [-0.2, 0) is 25.0 Å². The Bertz CT molecular complexity index is 620. The summed E-state index contributed by atoms with van der Waals surface area (Å²) in [6.07, 6.45) is 0.605. The fourth-order valence-electron chi connectivity index (χ4n) is 3.34. The number of benzene rings is 1. The molecule has 2 aliphatic heterocycles. The fraction of sp³-hybridized carbons (Fsp3) is 0.700. The van der Waals surface area contributed by atoms with Gasteiger partial charge in [0.2, 0.25) is 0 Å². The van der Waals surface area contributed by atoms with Crippen LogP contribution < -0.4 is 0 Å². The van der Waals surface area contributed by atoms with Gasteiger partial charge in [-0.15, -0.1) is 0 Å². The van der Waals surface area contributed by atoms with Crippen LogP contribution in [0.15, 0.2) is 24.3 Å². The highest BCUT2D eigenvalue weighted by Crippen LogP contribution is 2.46. The molecule has 27 heavy (non-hydrogen) atoms. The lowest BCUT2D eigenvalue weighted by molar-refractivity contribution is 0.00578. The van der Waals surface area contributed by atoms with Crippen LogP contribution in [0.25, 0.3) is 0 Å². The Labute approximate surface area is 163 Å². The maximum absolute atomic E-state index is 13.3. The second kappa shape index (κ2) is 6.58. The normalized spacial score (nSPS) is 25.4. The van der Waals surface area contributed by atoms with E-state index in [2.05, 4.69) is 0 Å². The predicted octanol–water partition coefficient (Wildman–Crippen LogP) is 4.46. The van der Waals surface area contributed by atoms with E-state index in [-0.39, 0.29) is 11.5 Å². The lowest BCUT2D eigenvalue weighted by Crippen LogP contribution is -2.41. The van der Waals surface area contributed by atoms with Gasteiger partial charge >= 0.3 is 14.2 Å². The van der Waals surface area contributed by atoms with Crippen LogP contribution in [0.5, 0.6) is 0 Å². The largest absolute Gasteiger partial charge is 0.459 e. The first-order valence-corrected chi connectivity index (χ1v) is 9.70. The molecule has 0 unspecified atom stereocenters. The summed E-state index contributed by atoms with van der Waals surface area (Å²) in [6, 6.07) is 6.53. The third-order valence-corrected chi connectivity index (χ3v) is 6.63. The monoisotopic (exact) mass is 376 g/mol. The third kappa shape index (κ3) is 3.84. The molecular weight excluding hydrogens is 345 g/mol. The molecule has 0 N–H and O–H groups in total. The Hall–Kier alpha value is -0.880. The highest BCUT2D eigenvalue weighted by Gasteiger charge is 2.61. The van der Waals surface area contributed by atoms with Crippen LogP contribution in [0, 0.1) is 5.82 Å². The zero-order valence-electron chi connectivity index (χ0n) is 17.8. The molecule has 2 aliphatic rings. The predicted molar refractivity (Wildman–Crippen MR) is 106 cm³/mol. The maximum atomic E-state index is 13.3. The van der Waals surface area contributed by atoms with E-state index in [0.29, 0.717) is 6.42 Å². The summed E-state index contributed by atoms with van der Waals surface area (Å²) in [7, 11) is -0.954. The molecule has 2 fully saturated rings. The number of hydrogen-bond donors (Lipinski definition) is 0. The molecule has 2 saturated heterocycles. The van der Waals surface area contributed by atoms with Crippen molar-refractivity contribution in [2.24, 2.45) is 0 Å². The van der Waals surface area contributed by atoms with Gasteiger partial charge in [0.15, 0.2) is 0 Å². The minimum atomic E-state index is -0.477. The van der Waals surface area contributed by atoms with E-state index in [0.717, 1.165) is 5.56 Å². The number of rotatable bonds is 4. The van der Waals surface area contributed by atoms with Gasteiger partial charge in [0.1, 0.15) is 5.82 Å². The van der Waals surface area contributed by atoms with E-state index in [1.807, 2.05) is 55.4 Å². The van der Waals surface area contributed by atoms with Crippen LogP contribution in [0.2, 0.25) is 5.72 Å². The molecule has 0 aliphatic carbocycles. The SMILES string of the molecule is CC1(C)OB(C(Cc2ccc(F)cc2)B2OC(C)(C)C(C)(C)O2)OC1(C)C. The van der Waals surface area contributed by atoms with Crippen molar-refractivity contribution in [1.29, 1.82) is 0 Å². The van der Waals surface area contributed by atoms with Crippen LogP contribution in [0.4, 0.5) is 4.39 Å². The highest BCUT2D eigenvalue weighted by atomic mass is 19.1. The maximum Gasteiger partial charge on any atom is 0.459 e. The average Bonchev–Trinajstić information content (AvgIpc) is 2.86. The van der Waals surface area contributed by atoms with Gasteiger partial charge in [-0.3, -0.25) is 0 Å². The van der Waals surface area contributed by atoms with E-state index in [1.54, 1.807) is 12.1 Å². The molecular formula is C20H31B2FO4. The van der Waals surface area contributed by atoms with Crippen LogP contribution in [0.1, 0.15) is 61.0 Å². The van der Waals surface area contributed by atoms with Crippen molar-refractivity contribution in [3.63, 3.8) is 0 Å². The van der Waals surface area contributed by atoms with Crippen molar-refractivity contribution in [1.82, 2.24) is 0 Å². The van der Waals surface area contributed by atoms with E-state index in [4.69, 9.17) is 18.6 Å². The second-order valence-electron chi connectivity index (χ2n) is 9.74. The molecule has 1 aromatic rings. The van der Waals surface area contributed by atoms with Crippen LogP contribution in [-0.4, -0.2) is 36.6 Å². The minimum Gasteiger partial charge on any atom is -0.403 e. The minimum absolute atomic E-state index is 0.183. The Kier molecular flexibility index (Phi) is 5.08. The molecule has 0 amide bonds. The van der Waals surface area contributed by atoms with Crippen molar-refractivity contribution < 1.29 is 23.0 Å². The molecule has 3 rings (SSSR count). The van der Waals surface area contributed by atoms with Gasteiger partial charge in [-0.1, -0.05) is 12.1 Å². The smallest absolute Gasteiger partial charge is 0.403 e. The summed E-state index contributed by atoms with van der Waals surface area (Å²) in [6.45, 7) is 16.3. The van der Waals surface area contributed by atoms with E-state index in [9.17, 15) is 4.39 Å². The van der Waals surface area contributed by atoms with Gasteiger partial charge in [-0.05, 0) is 79.5 Å². The van der Waals surface area contributed by atoms with Crippen molar-refractivity contribution >= 4 is 14.2 Å².